The van der Waals surface area contributed by atoms with Gasteiger partial charge in [-0.15, -0.1) is 0 Å². The highest BCUT2D eigenvalue weighted by molar-refractivity contribution is 5.93. The van der Waals surface area contributed by atoms with Gasteiger partial charge >= 0.3 is 0 Å². The largest absolute Gasteiger partial charge is 0.360 e. The van der Waals surface area contributed by atoms with Crippen LogP contribution in [-0.4, -0.2) is 49.8 Å². The summed E-state index contributed by atoms with van der Waals surface area (Å²) in [6.07, 6.45) is 7.03. The first-order valence-corrected chi connectivity index (χ1v) is 10.3. The maximum absolute atomic E-state index is 13.5. The van der Waals surface area contributed by atoms with Crippen LogP contribution >= 0.6 is 0 Å². The zero-order chi connectivity index (χ0) is 20.5. The summed E-state index contributed by atoms with van der Waals surface area (Å²) < 4.78 is 6.25. The van der Waals surface area contributed by atoms with Crippen LogP contribution < -0.4 is 0 Å². The maximum Gasteiger partial charge on any atom is 0.230 e. The zero-order valence-electron chi connectivity index (χ0n) is 16.7. The summed E-state index contributed by atoms with van der Waals surface area (Å²) in [6.45, 7) is 3.90. The molecule has 7 nitrogen and oxygen atoms in total. The third-order valence-corrected chi connectivity index (χ3v) is 6.80. The van der Waals surface area contributed by atoms with Crippen LogP contribution in [0.4, 0.5) is 0 Å². The van der Waals surface area contributed by atoms with Crippen LogP contribution in [0, 0.1) is 18.8 Å². The molecule has 1 aromatic heterocycles. The van der Waals surface area contributed by atoms with E-state index in [1.807, 2.05) is 36.1 Å². The van der Waals surface area contributed by atoms with Crippen LogP contribution in [0.15, 0.2) is 48.8 Å². The van der Waals surface area contributed by atoms with Crippen molar-refractivity contribution in [1.29, 1.82) is 0 Å². The van der Waals surface area contributed by atoms with Gasteiger partial charge in [0, 0.05) is 19.3 Å². The number of nitrogens with zero attached hydrogens (tertiary/aromatic N) is 4. The first-order chi connectivity index (χ1) is 14.5. The van der Waals surface area contributed by atoms with E-state index in [4.69, 9.17) is 4.74 Å². The van der Waals surface area contributed by atoms with Crippen LogP contribution in [0.5, 0.6) is 0 Å². The van der Waals surface area contributed by atoms with Crippen LogP contribution in [0.1, 0.15) is 22.5 Å². The fourth-order valence-corrected chi connectivity index (χ4v) is 5.39. The molecule has 0 unspecified atom stereocenters. The van der Waals surface area contributed by atoms with E-state index < -0.39 is 17.4 Å². The quantitative estimate of drug-likeness (QED) is 0.729. The topological polar surface area (TPSA) is 75.6 Å². The number of ether oxygens (including phenoxy) is 1. The van der Waals surface area contributed by atoms with Gasteiger partial charge in [0.25, 0.3) is 0 Å². The molecule has 2 saturated heterocycles. The molecule has 4 aliphatic heterocycles. The van der Waals surface area contributed by atoms with E-state index in [-0.39, 0.29) is 17.9 Å². The van der Waals surface area contributed by atoms with Crippen molar-refractivity contribution in [3.8, 4) is 0 Å². The highest BCUT2D eigenvalue weighted by Gasteiger charge is 2.67. The number of aromatic nitrogens is 2. The third-order valence-electron chi connectivity index (χ3n) is 6.80. The van der Waals surface area contributed by atoms with Gasteiger partial charge in [-0.2, -0.15) is 0 Å². The summed E-state index contributed by atoms with van der Waals surface area (Å²) in [5.74, 6) is -0.954. The number of fused-ring (bicyclic) bond motifs is 2. The minimum Gasteiger partial charge on any atom is -0.360 e. The molecule has 152 valence electrons. The van der Waals surface area contributed by atoms with Gasteiger partial charge in [0.1, 0.15) is 5.60 Å². The second-order valence-corrected chi connectivity index (χ2v) is 8.71. The summed E-state index contributed by atoms with van der Waals surface area (Å²) in [5, 5.41) is 0. The lowest BCUT2D eigenvalue weighted by Gasteiger charge is -2.27. The second-order valence-electron chi connectivity index (χ2n) is 8.71. The number of amides is 2. The number of hydrogen-bond donors (Lipinski definition) is 0. The molecule has 30 heavy (non-hydrogen) atoms. The number of likely N-dealkylation sites (tertiary alicyclic amines) is 1. The van der Waals surface area contributed by atoms with E-state index in [0.717, 1.165) is 11.4 Å². The van der Waals surface area contributed by atoms with Crippen molar-refractivity contribution in [2.75, 3.05) is 6.54 Å². The molecule has 0 N–H and O–H groups in total. The Kier molecular flexibility index (Phi) is 3.68. The fraction of sp³-hybridized carbons (Fsp3) is 0.391. The average molecular weight is 402 g/mol. The fourth-order valence-electron chi connectivity index (χ4n) is 5.39. The minimum absolute atomic E-state index is 0.0118. The Morgan fingerprint density at radius 2 is 1.97 bits per heavy atom. The Hall–Kier alpha value is -3.06. The lowest BCUT2D eigenvalue weighted by molar-refractivity contribution is -0.143. The van der Waals surface area contributed by atoms with Crippen molar-refractivity contribution in [3.63, 3.8) is 0 Å². The molecule has 5 heterocycles. The number of benzene rings is 1. The highest BCUT2D eigenvalue weighted by atomic mass is 16.5. The van der Waals surface area contributed by atoms with Gasteiger partial charge in [0.15, 0.2) is 0 Å². The summed E-state index contributed by atoms with van der Waals surface area (Å²) >= 11 is 0. The number of rotatable bonds is 3. The standard InChI is InChI=1S/C23H22N4O3/c1-14-8-25-17(9-24-14)12-27-13-23-7-6-18(30-23)19(20(23)22(27)29)21(28)26-10-15-4-2-3-5-16(15)11-26/h2-9,18-20H,10-13H2,1H3/t18-,19-,20-,23-/m0/s1. The smallest absolute Gasteiger partial charge is 0.230 e. The molecular weight excluding hydrogens is 380 g/mol. The Balaban J connectivity index is 1.25. The molecule has 1 aromatic carbocycles. The Morgan fingerprint density at radius 1 is 1.20 bits per heavy atom. The van der Waals surface area contributed by atoms with Gasteiger partial charge in [0.05, 0.1) is 48.6 Å². The van der Waals surface area contributed by atoms with Crippen molar-refractivity contribution >= 4 is 11.8 Å². The molecule has 2 amide bonds. The Labute approximate surface area is 174 Å². The number of carbonyl (C=O) groups is 2. The van der Waals surface area contributed by atoms with Crippen LogP contribution in [-0.2, 0) is 34.0 Å². The van der Waals surface area contributed by atoms with Crippen molar-refractivity contribution in [2.45, 2.75) is 38.3 Å². The molecule has 2 aromatic rings. The summed E-state index contributed by atoms with van der Waals surface area (Å²) in [4.78, 5) is 39.2. The lowest BCUT2D eigenvalue weighted by atomic mass is 9.76. The van der Waals surface area contributed by atoms with E-state index >= 15 is 0 Å². The molecule has 2 fully saturated rings. The van der Waals surface area contributed by atoms with E-state index in [1.165, 1.54) is 11.1 Å². The Bertz CT molecular complexity index is 1060. The monoisotopic (exact) mass is 402 g/mol. The maximum atomic E-state index is 13.5. The van der Waals surface area contributed by atoms with Crippen LogP contribution in [0.2, 0.25) is 0 Å². The van der Waals surface area contributed by atoms with Gasteiger partial charge in [-0.1, -0.05) is 36.4 Å². The van der Waals surface area contributed by atoms with Crippen LogP contribution in [0.3, 0.4) is 0 Å². The molecule has 6 rings (SSSR count). The number of hydrogen-bond acceptors (Lipinski definition) is 5. The van der Waals surface area contributed by atoms with E-state index in [1.54, 1.807) is 17.3 Å². The van der Waals surface area contributed by atoms with E-state index in [9.17, 15) is 9.59 Å². The Morgan fingerprint density at radius 3 is 2.67 bits per heavy atom. The first-order valence-electron chi connectivity index (χ1n) is 10.3. The predicted molar refractivity (Wildman–Crippen MR) is 107 cm³/mol. The van der Waals surface area contributed by atoms with Crippen LogP contribution in [0.25, 0.3) is 0 Å². The lowest BCUT2D eigenvalue weighted by Crippen LogP contribution is -2.44. The summed E-state index contributed by atoms with van der Waals surface area (Å²) in [5.41, 5.74) is 3.23. The molecule has 0 aliphatic carbocycles. The van der Waals surface area contributed by atoms with E-state index in [0.29, 0.717) is 26.2 Å². The van der Waals surface area contributed by atoms with Gasteiger partial charge in [-0.3, -0.25) is 19.6 Å². The van der Waals surface area contributed by atoms with Crippen molar-refractivity contribution in [1.82, 2.24) is 19.8 Å². The molecule has 7 heteroatoms. The zero-order valence-corrected chi connectivity index (χ0v) is 16.7. The molecule has 4 atom stereocenters. The van der Waals surface area contributed by atoms with Crippen molar-refractivity contribution in [2.24, 2.45) is 11.8 Å². The molecular formula is C23H22N4O3. The van der Waals surface area contributed by atoms with Crippen molar-refractivity contribution in [3.05, 3.63) is 71.3 Å². The molecule has 0 saturated carbocycles. The van der Waals surface area contributed by atoms with E-state index in [2.05, 4.69) is 22.1 Å². The average Bonchev–Trinajstić information content (AvgIpc) is 3.49. The SMILES string of the molecule is Cc1cnc(CN2C[C@]34C=C[C@H](O3)[C@H](C(=O)N3Cc5ccccc5C3)[C@H]4C2=O)cn1. The molecule has 4 aliphatic rings. The van der Waals surface area contributed by atoms with Gasteiger partial charge in [0.2, 0.25) is 11.8 Å². The molecule has 0 radical (unpaired) electrons. The van der Waals surface area contributed by atoms with Gasteiger partial charge < -0.3 is 14.5 Å². The molecule has 1 spiro atoms. The third kappa shape index (κ3) is 2.48. The predicted octanol–water partition coefficient (Wildman–Crippen LogP) is 1.61. The second kappa shape index (κ2) is 6.22. The number of aryl methyl sites for hydroxylation is 1. The highest BCUT2D eigenvalue weighted by Crippen LogP contribution is 2.52. The van der Waals surface area contributed by atoms with Gasteiger partial charge in [-0.05, 0) is 18.1 Å². The number of carbonyl (C=O) groups excluding carboxylic acids is 2. The van der Waals surface area contributed by atoms with Gasteiger partial charge in [-0.25, -0.2) is 0 Å². The first kappa shape index (κ1) is 17.8. The minimum atomic E-state index is -0.702. The summed E-state index contributed by atoms with van der Waals surface area (Å²) in [7, 11) is 0. The molecule has 2 bridgehead atoms. The van der Waals surface area contributed by atoms with Crippen molar-refractivity contribution < 1.29 is 14.3 Å². The summed E-state index contributed by atoms with van der Waals surface area (Å²) in [6, 6.07) is 8.12. The normalized spacial score (nSPS) is 30.8.